The van der Waals surface area contributed by atoms with Crippen molar-refractivity contribution in [2.75, 3.05) is 18.4 Å². The minimum atomic E-state index is -0.884. The highest BCUT2D eigenvalue weighted by molar-refractivity contribution is 6.06. The predicted octanol–water partition coefficient (Wildman–Crippen LogP) is 5.19. The van der Waals surface area contributed by atoms with Gasteiger partial charge in [-0.25, -0.2) is 4.79 Å². The summed E-state index contributed by atoms with van der Waals surface area (Å²) in [5.41, 5.74) is 5.95. The van der Waals surface area contributed by atoms with Crippen molar-refractivity contribution in [3.05, 3.63) is 70.4 Å². The molecule has 178 valence electrons. The summed E-state index contributed by atoms with van der Waals surface area (Å²) in [4.78, 5) is 33.8. The second-order valence-corrected chi connectivity index (χ2v) is 9.07. The maximum Gasteiger partial charge on any atom is 0.340 e. The van der Waals surface area contributed by atoms with Crippen LogP contribution in [0.5, 0.6) is 0 Å². The standard InChI is InChI=1S/C28H33N3O3/c1-5-14-31-15-13-23-21(17-31)26(20-9-7-8-10-22(20)29-23)28(33)34-25(6-2)27(32)30-24-16-18(3)11-12-19(24)4/h7-12,16,25H,5-6,13-15,17H2,1-4H3,(H,30,32). The van der Waals surface area contributed by atoms with Gasteiger partial charge in [-0.15, -0.1) is 0 Å². The first-order valence-corrected chi connectivity index (χ1v) is 12.1. The zero-order valence-corrected chi connectivity index (χ0v) is 20.5. The first-order chi connectivity index (χ1) is 16.4. The van der Waals surface area contributed by atoms with Gasteiger partial charge in [0.25, 0.3) is 5.91 Å². The molecule has 0 radical (unpaired) electrons. The molecule has 1 unspecified atom stereocenters. The Balaban J connectivity index is 1.64. The minimum absolute atomic E-state index is 0.315. The molecule has 6 nitrogen and oxygen atoms in total. The maximum atomic E-state index is 13.6. The number of ether oxygens (including phenoxy) is 1. The van der Waals surface area contributed by atoms with Crippen molar-refractivity contribution >= 4 is 28.5 Å². The summed E-state index contributed by atoms with van der Waals surface area (Å²) in [6, 6.07) is 13.6. The van der Waals surface area contributed by atoms with Gasteiger partial charge in [-0.1, -0.05) is 44.2 Å². The van der Waals surface area contributed by atoms with E-state index in [2.05, 4.69) is 17.1 Å². The van der Waals surface area contributed by atoms with Crippen LogP contribution in [-0.4, -0.2) is 41.0 Å². The van der Waals surface area contributed by atoms with Gasteiger partial charge in [0, 0.05) is 41.8 Å². The normalized spacial score (nSPS) is 14.5. The smallest absolute Gasteiger partial charge is 0.340 e. The first kappa shape index (κ1) is 23.9. The number of anilines is 1. The van der Waals surface area contributed by atoms with Crippen molar-refractivity contribution in [3.8, 4) is 0 Å². The molecule has 1 atom stereocenters. The SMILES string of the molecule is CCCN1CCc2nc3ccccc3c(C(=O)OC(CC)C(=O)Nc3cc(C)ccc3C)c2C1. The van der Waals surface area contributed by atoms with Crippen LogP contribution in [0.2, 0.25) is 0 Å². The third kappa shape index (κ3) is 4.97. The molecule has 3 aromatic rings. The highest BCUT2D eigenvalue weighted by atomic mass is 16.5. The van der Waals surface area contributed by atoms with E-state index in [0.29, 0.717) is 18.5 Å². The number of carbonyl (C=O) groups is 2. The Morgan fingerprint density at radius 2 is 1.94 bits per heavy atom. The Morgan fingerprint density at radius 1 is 1.15 bits per heavy atom. The fourth-order valence-electron chi connectivity index (χ4n) is 4.58. The number of fused-ring (bicyclic) bond motifs is 2. The lowest BCUT2D eigenvalue weighted by molar-refractivity contribution is -0.124. The van der Waals surface area contributed by atoms with Crippen LogP contribution in [0.1, 0.15) is 59.4 Å². The Kier molecular flexibility index (Phi) is 7.27. The molecule has 0 aliphatic carbocycles. The van der Waals surface area contributed by atoms with E-state index < -0.39 is 12.1 Å². The maximum absolute atomic E-state index is 13.6. The van der Waals surface area contributed by atoms with Gasteiger partial charge in [0.05, 0.1) is 11.1 Å². The second-order valence-electron chi connectivity index (χ2n) is 9.07. The topological polar surface area (TPSA) is 71.5 Å². The molecule has 1 N–H and O–H groups in total. The number of nitrogens with zero attached hydrogens (tertiary/aromatic N) is 2. The molecular weight excluding hydrogens is 426 g/mol. The molecule has 34 heavy (non-hydrogen) atoms. The van der Waals surface area contributed by atoms with E-state index >= 15 is 0 Å². The average Bonchev–Trinajstić information content (AvgIpc) is 2.83. The van der Waals surface area contributed by atoms with Crippen LogP contribution in [0, 0.1) is 13.8 Å². The minimum Gasteiger partial charge on any atom is -0.449 e. The molecule has 0 bridgehead atoms. The van der Waals surface area contributed by atoms with Gasteiger partial charge in [0.2, 0.25) is 0 Å². The number of aryl methyl sites for hydroxylation is 2. The fraction of sp³-hybridized carbons (Fsp3) is 0.393. The highest BCUT2D eigenvalue weighted by Gasteiger charge is 2.29. The number of carbonyl (C=O) groups excluding carboxylic acids is 2. The van der Waals surface area contributed by atoms with E-state index in [1.165, 1.54) is 0 Å². The van der Waals surface area contributed by atoms with Gasteiger partial charge in [-0.2, -0.15) is 0 Å². The van der Waals surface area contributed by atoms with E-state index in [4.69, 9.17) is 9.72 Å². The molecule has 1 aliphatic rings. The number of benzene rings is 2. The molecule has 6 heteroatoms. The van der Waals surface area contributed by atoms with Crippen molar-refractivity contribution in [1.82, 2.24) is 9.88 Å². The van der Waals surface area contributed by atoms with Gasteiger partial charge in [-0.05, 0) is 56.5 Å². The lowest BCUT2D eigenvalue weighted by Gasteiger charge is -2.30. The van der Waals surface area contributed by atoms with E-state index in [0.717, 1.165) is 64.9 Å². The van der Waals surface area contributed by atoms with E-state index in [1.54, 1.807) is 0 Å². The lowest BCUT2D eigenvalue weighted by Crippen LogP contribution is -2.35. The Morgan fingerprint density at radius 3 is 2.71 bits per heavy atom. The zero-order chi connectivity index (χ0) is 24.2. The third-order valence-electron chi connectivity index (χ3n) is 6.43. The number of pyridine rings is 1. The number of aromatic nitrogens is 1. The van der Waals surface area contributed by atoms with E-state index in [9.17, 15) is 9.59 Å². The van der Waals surface area contributed by atoms with Gasteiger partial charge < -0.3 is 10.1 Å². The highest BCUT2D eigenvalue weighted by Crippen LogP contribution is 2.29. The predicted molar refractivity (Wildman–Crippen MR) is 135 cm³/mol. The number of rotatable bonds is 7. The molecule has 0 spiro atoms. The van der Waals surface area contributed by atoms with Gasteiger partial charge in [-0.3, -0.25) is 14.7 Å². The lowest BCUT2D eigenvalue weighted by atomic mass is 9.95. The number of para-hydroxylation sites is 1. The van der Waals surface area contributed by atoms with Gasteiger partial charge in [0.1, 0.15) is 0 Å². The molecule has 1 amide bonds. The van der Waals surface area contributed by atoms with Gasteiger partial charge in [0.15, 0.2) is 6.10 Å². The van der Waals surface area contributed by atoms with Crippen molar-refractivity contribution in [2.45, 2.75) is 59.6 Å². The molecule has 0 saturated carbocycles. The van der Waals surface area contributed by atoms with Crippen LogP contribution < -0.4 is 5.32 Å². The summed E-state index contributed by atoms with van der Waals surface area (Å²) in [5, 5.41) is 3.72. The number of amides is 1. The summed E-state index contributed by atoms with van der Waals surface area (Å²) in [7, 11) is 0. The van der Waals surface area contributed by atoms with Crippen LogP contribution in [0.25, 0.3) is 10.9 Å². The van der Waals surface area contributed by atoms with Crippen LogP contribution in [-0.2, 0) is 22.5 Å². The molecule has 1 aliphatic heterocycles. The Bertz CT molecular complexity index is 1220. The molecule has 1 aromatic heterocycles. The van der Waals surface area contributed by atoms with Gasteiger partial charge >= 0.3 is 5.97 Å². The van der Waals surface area contributed by atoms with E-state index in [-0.39, 0.29) is 5.91 Å². The molecule has 0 fully saturated rings. The second kappa shape index (κ2) is 10.3. The number of nitrogens with one attached hydrogen (secondary N) is 1. The monoisotopic (exact) mass is 459 g/mol. The zero-order valence-electron chi connectivity index (χ0n) is 20.5. The van der Waals surface area contributed by atoms with Crippen molar-refractivity contribution < 1.29 is 14.3 Å². The summed E-state index contributed by atoms with van der Waals surface area (Å²) >= 11 is 0. The Labute approximate surface area is 201 Å². The summed E-state index contributed by atoms with van der Waals surface area (Å²) in [5.74, 6) is -0.777. The molecule has 0 saturated heterocycles. The van der Waals surface area contributed by atoms with Crippen LogP contribution in [0.15, 0.2) is 42.5 Å². The van der Waals surface area contributed by atoms with Crippen molar-refractivity contribution in [1.29, 1.82) is 0 Å². The average molecular weight is 460 g/mol. The van der Waals surface area contributed by atoms with Crippen LogP contribution in [0.4, 0.5) is 5.69 Å². The van der Waals surface area contributed by atoms with E-state index in [1.807, 2.05) is 63.2 Å². The number of hydrogen-bond acceptors (Lipinski definition) is 5. The quantitative estimate of drug-likeness (QED) is 0.492. The largest absolute Gasteiger partial charge is 0.449 e. The molecular formula is C28H33N3O3. The number of hydrogen-bond donors (Lipinski definition) is 1. The molecule has 4 rings (SSSR count). The Hall–Kier alpha value is -3.25. The molecule has 2 heterocycles. The third-order valence-corrected chi connectivity index (χ3v) is 6.43. The fourth-order valence-corrected chi connectivity index (χ4v) is 4.58. The summed E-state index contributed by atoms with van der Waals surface area (Å²) < 4.78 is 5.86. The van der Waals surface area contributed by atoms with Crippen LogP contribution >= 0.6 is 0 Å². The van der Waals surface area contributed by atoms with Crippen LogP contribution in [0.3, 0.4) is 0 Å². The summed E-state index contributed by atoms with van der Waals surface area (Å²) in [6.07, 6.45) is 1.35. The molecule has 2 aromatic carbocycles. The first-order valence-electron chi connectivity index (χ1n) is 12.1. The number of esters is 1. The summed E-state index contributed by atoms with van der Waals surface area (Å²) in [6.45, 7) is 10.5. The van der Waals surface area contributed by atoms with Crippen molar-refractivity contribution in [3.63, 3.8) is 0 Å². The van der Waals surface area contributed by atoms with Crippen molar-refractivity contribution in [2.24, 2.45) is 0 Å².